The molecule has 4 heteroatoms. The monoisotopic (exact) mass is 264 g/mol. The maximum absolute atomic E-state index is 11.8. The molecule has 1 rings (SSSR count). The van der Waals surface area contributed by atoms with Crippen LogP contribution in [0.5, 0.6) is 0 Å². The lowest BCUT2D eigenvalue weighted by Gasteiger charge is -2.19. The molecule has 3 N–H and O–H groups in total. The first kappa shape index (κ1) is 15.7. The van der Waals surface area contributed by atoms with Gasteiger partial charge in [-0.05, 0) is 19.4 Å². The van der Waals surface area contributed by atoms with Crippen molar-refractivity contribution in [3.63, 3.8) is 0 Å². The first-order chi connectivity index (χ1) is 9.00. The Morgan fingerprint density at radius 2 is 1.89 bits per heavy atom. The summed E-state index contributed by atoms with van der Waals surface area (Å²) in [5, 5.41) is 2.90. The zero-order chi connectivity index (χ0) is 14.3. The van der Waals surface area contributed by atoms with Crippen LogP contribution in [0, 0.1) is 5.92 Å². The van der Waals surface area contributed by atoms with Gasteiger partial charge in [0.25, 0.3) is 0 Å². The lowest BCUT2D eigenvalue weighted by Crippen LogP contribution is -2.43. The summed E-state index contributed by atoms with van der Waals surface area (Å²) < 4.78 is 5.58. The Morgan fingerprint density at radius 3 is 2.47 bits per heavy atom. The van der Waals surface area contributed by atoms with Crippen LogP contribution in [0.25, 0.3) is 0 Å². The van der Waals surface area contributed by atoms with Gasteiger partial charge in [0.1, 0.15) is 0 Å². The minimum atomic E-state index is -0.184. The van der Waals surface area contributed by atoms with Gasteiger partial charge in [-0.25, -0.2) is 0 Å². The Balaban J connectivity index is 2.25. The minimum Gasteiger partial charge on any atom is -0.375 e. The van der Waals surface area contributed by atoms with Gasteiger partial charge >= 0.3 is 0 Å². The average Bonchev–Trinajstić information content (AvgIpc) is 2.38. The molecule has 3 unspecified atom stereocenters. The second-order valence-electron chi connectivity index (χ2n) is 5.06. The summed E-state index contributed by atoms with van der Waals surface area (Å²) in [6.45, 7) is 6.64. The summed E-state index contributed by atoms with van der Waals surface area (Å²) in [5.41, 5.74) is 6.83. The van der Waals surface area contributed by atoms with Crippen molar-refractivity contribution < 1.29 is 9.53 Å². The van der Waals surface area contributed by atoms with Crippen LogP contribution in [0.3, 0.4) is 0 Å². The van der Waals surface area contributed by atoms with Crippen LogP contribution in [-0.4, -0.2) is 24.6 Å². The maximum atomic E-state index is 11.8. The molecule has 0 saturated heterocycles. The molecule has 0 spiro atoms. The zero-order valence-corrected chi connectivity index (χ0v) is 11.9. The van der Waals surface area contributed by atoms with Crippen LogP contribution in [0.1, 0.15) is 26.3 Å². The van der Waals surface area contributed by atoms with E-state index in [1.807, 2.05) is 51.1 Å². The van der Waals surface area contributed by atoms with Crippen molar-refractivity contribution >= 4 is 5.91 Å². The Hall–Kier alpha value is -1.39. The van der Waals surface area contributed by atoms with Gasteiger partial charge in [0.05, 0.1) is 13.2 Å². The number of benzene rings is 1. The molecule has 0 saturated carbocycles. The lowest BCUT2D eigenvalue weighted by atomic mass is 10.0. The Morgan fingerprint density at radius 1 is 1.26 bits per heavy atom. The highest BCUT2D eigenvalue weighted by molar-refractivity contribution is 5.79. The third-order valence-corrected chi connectivity index (χ3v) is 3.07. The molecule has 0 aliphatic heterocycles. The van der Waals surface area contributed by atoms with Gasteiger partial charge < -0.3 is 15.8 Å². The fraction of sp³-hybridized carbons (Fsp3) is 0.533. The second-order valence-corrected chi connectivity index (χ2v) is 5.06. The normalized spacial score (nSPS) is 15.6. The van der Waals surface area contributed by atoms with Crippen molar-refractivity contribution in [2.24, 2.45) is 11.7 Å². The molecule has 3 atom stereocenters. The predicted octanol–water partition coefficient (Wildman–Crippen LogP) is 1.69. The molecule has 1 amide bonds. The summed E-state index contributed by atoms with van der Waals surface area (Å²) in [6, 6.07) is 9.81. The van der Waals surface area contributed by atoms with Gasteiger partial charge in [-0.15, -0.1) is 0 Å². The van der Waals surface area contributed by atoms with Gasteiger partial charge in [0, 0.05) is 18.0 Å². The molecule has 0 aliphatic rings. The summed E-state index contributed by atoms with van der Waals surface area (Å²) in [7, 11) is 0. The number of hydrogen-bond acceptors (Lipinski definition) is 3. The largest absolute Gasteiger partial charge is 0.375 e. The molecular weight excluding hydrogens is 240 g/mol. The van der Waals surface area contributed by atoms with E-state index in [2.05, 4.69) is 5.32 Å². The van der Waals surface area contributed by atoms with Crippen LogP contribution in [-0.2, 0) is 16.1 Å². The maximum Gasteiger partial charge on any atom is 0.224 e. The summed E-state index contributed by atoms with van der Waals surface area (Å²) in [5.74, 6) is -0.206. The molecule has 4 nitrogen and oxygen atoms in total. The number of hydrogen-bond donors (Lipinski definition) is 2. The van der Waals surface area contributed by atoms with E-state index < -0.39 is 0 Å². The third-order valence-electron chi connectivity index (χ3n) is 3.07. The van der Waals surface area contributed by atoms with E-state index in [-0.39, 0.29) is 23.9 Å². The SMILES string of the molecule is CC(COCc1ccccc1)NC(=O)C(C)C(C)N. The summed E-state index contributed by atoms with van der Waals surface area (Å²) in [6.07, 6.45) is 0. The Bertz CT molecular complexity index is 379. The number of carbonyl (C=O) groups excluding carboxylic acids is 1. The minimum absolute atomic E-state index is 0.0163. The number of rotatable bonds is 7. The second kappa shape index (κ2) is 7.92. The first-order valence-corrected chi connectivity index (χ1v) is 6.68. The molecule has 19 heavy (non-hydrogen) atoms. The van der Waals surface area contributed by atoms with Crippen molar-refractivity contribution in [2.75, 3.05) is 6.61 Å². The van der Waals surface area contributed by atoms with Crippen molar-refractivity contribution in [1.82, 2.24) is 5.32 Å². The van der Waals surface area contributed by atoms with E-state index >= 15 is 0 Å². The van der Waals surface area contributed by atoms with Crippen molar-refractivity contribution in [1.29, 1.82) is 0 Å². The zero-order valence-electron chi connectivity index (χ0n) is 11.9. The molecule has 106 valence electrons. The molecule has 1 aromatic carbocycles. The molecule has 0 bridgehead atoms. The lowest BCUT2D eigenvalue weighted by molar-refractivity contribution is -0.126. The van der Waals surface area contributed by atoms with Gasteiger partial charge in [0.2, 0.25) is 5.91 Å². The highest BCUT2D eigenvalue weighted by atomic mass is 16.5. The Labute approximate surface area is 115 Å². The molecule has 0 radical (unpaired) electrons. The van der Waals surface area contributed by atoms with Crippen molar-refractivity contribution in [3.8, 4) is 0 Å². The molecule has 1 aromatic rings. The number of amides is 1. The summed E-state index contributed by atoms with van der Waals surface area (Å²) in [4.78, 5) is 11.8. The van der Waals surface area contributed by atoms with Crippen LogP contribution >= 0.6 is 0 Å². The highest BCUT2D eigenvalue weighted by Gasteiger charge is 2.18. The van der Waals surface area contributed by atoms with E-state index in [4.69, 9.17) is 10.5 Å². The fourth-order valence-corrected chi connectivity index (χ4v) is 1.58. The molecule has 0 heterocycles. The van der Waals surface area contributed by atoms with E-state index in [1.165, 1.54) is 0 Å². The van der Waals surface area contributed by atoms with Gasteiger partial charge in [-0.3, -0.25) is 4.79 Å². The smallest absolute Gasteiger partial charge is 0.224 e. The van der Waals surface area contributed by atoms with E-state index in [1.54, 1.807) is 0 Å². The van der Waals surface area contributed by atoms with E-state index in [0.29, 0.717) is 13.2 Å². The average molecular weight is 264 g/mol. The molecule has 0 aromatic heterocycles. The van der Waals surface area contributed by atoms with Crippen molar-refractivity contribution in [3.05, 3.63) is 35.9 Å². The quantitative estimate of drug-likeness (QED) is 0.787. The topological polar surface area (TPSA) is 64.3 Å². The molecular formula is C15H24N2O2. The predicted molar refractivity (Wildman–Crippen MR) is 76.5 cm³/mol. The standard InChI is InChI=1S/C15H24N2O2/c1-11(17-15(18)12(2)13(3)16)9-19-10-14-7-5-4-6-8-14/h4-8,11-13H,9-10,16H2,1-3H3,(H,17,18). The van der Waals surface area contributed by atoms with Gasteiger partial charge in [-0.2, -0.15) is 0 Å². The number of nitrogens with one attached hydrogen (secondary N) is 1. The first-order valence-electron chi connectivity index (χ1n) is 6.68. The van der Waals surface area contributed by atoms with E-state index in [0.717, 1.165) is 5.56 Å². The highest BCUT2D eigenvalue weighted by Crippen LogP contribution is 2.03. The van der Waals surface area contributed by atoms with Crippen LogP contribution in [0.2, 0.25) is 0 Å². The molecule has 0 fully saturated rings. The number of ether oxygens (including phenoxy) is 1. The summed E-state index contributed by atoms with van der Waals surface area (Å²) >= 11 is 0. The Kier molecular flexibility index (Phi) is 6.53. The van der Waals surface area contributed by atoms with Crippen LogP contribution in [0.4, 0.5) is 0 Å². The fourth-order valence-electron chi connectivity index (χ4n) is 1.58. The number of carbonyl (C=O) groups is 1. The van der Waals surface area contributed by atoms with Gasteiger partial charge in [0.15, 0.2) is 0 Å². The van der Waals surface area contributed by atoms with Crippen LogP contribution in [0.15, 0.2) is 30.3 Å². The van der Waals surface area contributed by atoms with Crippen molar-refractivity contribution in [2.45, 2.75) is 39.5 Å². The van der Waals surface area contributed by atoms with Gasteiger partial charge in [-0.1, -0.05) is 37.3 Å². The van der Waals surface area contributed by atoms with E-state index in [9.17, 15) is 4.79 Å². The van der Waals surface area contributed by atoms with Crippen LogP contribution < -0.4 is 11.1 Å². The third kappa shape index (κ3) is 5.85. The molecule has 0 aliphatic carbocycles. The number of nitrogens with two attached hydrogens (primary N) is 1.